The van der Waals surface area contributed by atoms with Gasteiger partial charge in [-0.25, -0.2) is 0 Å². The SMILES string of the molecule is O=C1CCC2(CCN(C(=O)c3ccc[nH]c3=O)CC2)CN1CCc1ccccc1. The summed E-state index contributed by atoms with van der Waals surface area (Å²) >= 11 is 0. The van der Waals surface area contributed by atoms with Crippen molar-refractivity contribution in [1.29, 1.82) is 0 Å². The first-order chi connectivity index (χ1) is 14.1. The Kier molecular flexibility index (Phi) is 5.51. The van der Waals surface area contributed by atoms with Crippen LogP contribution in [0.25, 0.3) is 0 Å². The minimum absolute atomic E-state index is 0.0878. The predicted molar refractivity (Wildman–Crippen MR) is 111 cm³/mol. The second-order valence-corrected chi connectivity index (χ2v) is 8.26. The molecule has 2 fully saturated rings. The molecule has 2 saturated heterocycles. The van der Waals surface area contributed by atoms with Crippen molar-refractivity contribution in [1.82, 2.24) is 14.8 Å². The van der Waals surface area contributed by atoms with Gasteiger partial charge in [-0.3, -0.25) is 14.4 Å². The van der Waals surface area contributed by atoms with E-state index in [-0.39, 0.29) is 28.4 Å². The van der Waals surface area contributed by atoms with Crippen LogP contribution >= 0.6 is 0 Å². The molecule has 152 valence electrons. The van der Waals surface area contributed by atoms with E-state index < -0.39 is 0 Å². The maximum absolute atomic E-state index is 12.7. The van der Waals surface area contributed by atoms with Crippen molar-refractivity contribution in [2.45, 2.75) is 32.1 Å². The number of aromatic amines is 1. The molecular formula is C23H27N3O3. The average Bonchev–Trinajstić information content (AvgIpc) is 2.76. The van der Waals surface area contributed by atoms with Crippen LogP contribution in [0.15, 0.2) is 53.5 Å². The third-order valence-corrected chi connectivity index (χ3v) is 6.42. The molecule has 6 nitrogen and oxygen atoms in total. The predicted octanol–water partition coefficient (Wildman–Crippen LogP) is 2.46. The zero-order valence-electron chi connectivity index (χ0n) is 16.6. The Hall–Kier alpha value is -2.89. The van der Waals surface area contributed by atoms with Crippen LogP contribution in [0.1, 0.15) is 41.6 Å². The summed E-state index contributed by atoms with van der Waals surface area (Å²) in [5.74, 6) is 0.0374. The molecule has 0 radical (unpaired) electrons. The average molecular weight is 393 g/mol. The minimum atomic E-state index is -0.340. The van der Waals surface area contributed by atoms with Crippen molar-refractivity contribution < 1.29 is 9.59 Å². The highest BCUT2D eigenvalue weighted by Crippen LogP contribution is 2.40. The fourth-order valence-corrected chi connectivity index (χ4v) is 4.57. The second kappa shape index (κ2) is 8.23. The van der Waals surface area contributed by atoms with Crippen LogP contribution in [-0.2, 0) is 11.2 Å². The van der Waals surface area contributed by atoms with Crippen LogP contribution < -0.4 is 5.56 Å². The molecule has 3 heterocycles. The highest BCUT2D eigenvalue weighted by atomic mass is 16.2. The number of likely N-dealkylation sites (tertiary alicyclic amines) is 2. The Bertz CT molecular complexity index is 930. The lowest BCUT2D eigenvalue weighted by atomic mass is 9.72. The van der Waals surface area contributed by atoms with Crippen molar-refractivity contribution in [3.8, 4) is 0 Å². The highest BCUT2D eigenvalue weighted by molar-refractivity contribution is 5.93. The first-order valence-corrected chi connectivity index (χ1v) is 10.4. The molecule has 0 bridgehead atoms. The van der Waals surface area contributed by atoms with Crippen LogP contribution in [0.4, 0.5) is 0 Å². The topological polar surface area (TPSA) is 73.5 Å². The summed E-state index contributed by atoms with van der Waals surface area (Å²) < 4.78 is 0. The zero-order chi connectivity index (χ0) is 20.3. The maximum Gasteiger partial charge on any atom is 0.260 e. The number of H-pyrrole nitrogens is 1. The molecule has 0 aliphatic carbocycles. The maximum atomic E-state index is 12.7. The largest absolute Gasteiger partial charge is 0.342 e. The first-order valence-electron chi connectivity index (χ1n) is 10.4. The van der Waals surface area contributed by atoms with Crippen LogP contribution in [0.2, 0.25) is 0 Å². The van der Waals surface area contributed by atoms with E-state index in [4.69, 9.17) is 0 Å². The lowest BCUT2D eigenvalue weighted by Gasteiger charge is -2.47. The Morgan fingerprint density at radius 1 is 1.00 bits per heavy atom. The molecule has 0 unspecified atom stereocenters. The molecule has 6 heteroatoms. The lowest BCUT2D eigenvalue weighted by Crippen LogP contribution is -2.53. The van der Waals surface area contributed by atoms with Crippen molar-refractivity contribution in [2.75, 3.05) is 26.2 Å². The number of benzene rings is 1. The lowest BCUT2D eigenvalue weighted by molar-refractivity contribution is -0.138. The molecule has 1 aromatic heterocycles. The number of pyridine rings is 1. The number of aromatic nitrogens is 1. The van der Waals surface area contributed by atoms with Gasteiger partial charge in [0.05, 0.1) is 0 Å². The van der Waals surface area contributed by atoms with Gasteiger partial charge < -0.3 is 14.8 Å². The number of rotatable bonds is 4. The van der Waals surface area contributed by atoms with E-state index in [1.165, 1.54) is 11.8 Å². The standard InChI is InChI=1S/C23H27N3O3/c27-20-8-10-23(17-26(20)14-9-18-5-2-1-3-6-18)11-15-25(16-12-23)22(29)19-7-4-13-24-21(19)28/h1-7,13H,8-12,14-17H2,(H,24,28). The molecular weight excluding hydrogens is 366 g/mol. The van der Waals surface area contributed by atoms with Gasteiger partial charge in [0, 0.05) is 38.8 Å². The van der Waals surface area contributed by atoms with Crippen LogP contribution in [0, 0.1) is 5.41 Å². The number of carbonyl (C=O) groups is 2. The van der Waals surface area contributed by atoms with Crippen molar-refractivity contribution in [3.05, 3.63) is 70.1 Å². The highest BCUT2D eigenvalue weighted by Gasteiger charge is 2.41. The summed E-state index contributed by atoms with van der Waals surface area (Å²) in [5.41, 5.74) is 1.19. The number of nitrogens with one attached hydrogen (secondary N) is 1. The molecule has 1 aromatic carbocycles. The van der Waals surface area contributed by atoms with E-state index in [1.807, 2.05) is 23.1 Å². The second-order valence-electron chi connectivity index (χ2n) is 8.26. The number of amides is 2. The molecule has 0 saturated carbocycles. The number of hydrogen-bond donors (Lipinski definition) is 1. The first kappa shape index (κ1) is 19.4. The summed E-state index contributed by atoms with van der Waals surface area (Å²) in [6.45, 7) is 2.78. The fraction of sp³-hybridized carbons (Fsp3) is 0.435. The Morgan fingerprint density at radius 2 is 1.76 bits per heavy atom. The summed E-state index contributed by atoms with van der Waals surface area (Å²) in [7, 11) is 0. The number of carbonyl (C=O) groups excluding carboxylic acids is 2. The molecule has 2 aliphatic rings. The fourth-order valence-electron chi connectivity index (χ4n) is 4.57. The van der Waals surface area contributed by atoms with Gasteiger partial charge in [0.2, 0.25) is 5.91 Å². The Balaban J connectivity index is 1.37. The summed E-state index contributed by atoms with van der Waals surface area (Å²) in [6.07, 6.45) is 5.62. The summed E-state index contributed by atoms with van der Waals surface area (Å²) in [6, 6.07) is 13.5. The molecule has 2 amide bonds. The van der Waals surface area contributed by atoms with E-state index in [9.17, 15) is 14.4 Å². The number of nitrogens with zero attached hydrogens (tertiary/aromatic N) is 2. The van der Waals surface area contributed by atoms with Gasteiger partial charge in [0.1, 0.15) is 5.56 Å². The van der Waals surface area contributed by atoms with E-state index in [0.29, 0.717) is 19.5 Å². The molecule has 1 spiro atoms. The van der Waals surface area contributed by atoms with Crippen LogP contribution in [0.3, 0.4) is 0 Å². The third kappa shape index (κ3) is 4.26. The van der Waals surface area contributed by atoms with Gasteiger partial charge in [-0.1, -0.05) is 30.3 Å². The monoisotopic (exact) mass is 393 g/mol. The Morgan fingerprint density at radius 3 is 2.48 bits per heavy atom. The van der Waals surface area contributed by atoms with Crippen LogP contribution in [-0.4, -0.2) is 52.8 Å². The molecule has 29 heavy (non-hydrogen) atoms. The zero-order valence-corrected chi connectivity index (χ0v) is 16.6. The Labute approximate surface area is 170 Å². The molecule has 1 N–H and O–H groups in total. The number of hydrogen-bond acceptors (Lipinski definition) is 3. The van der Waals surface area contributed by atoms with Gasteiger partial charge >= 0.3 is 0 Å². The van der Waals surface area contributed by atoms with Gasteiger partial charge in [0.15, 0.2) is 0 Å². The smallest absolute Gasteiger partial charge is 0.260 e. The van der Waals surface area contributed by atoms with E-state index in [2.05, 4.69) is 17.1 Å². The molecule has 2 aromatic rings. The van der Waals surface area contributed by atoms with Crippen LogP contribution in [0.5, 0.6) is 0 Å². The van der Waals surface area contributed by atoms with Crippen molar-refractivity contribution in [3.63, 3.8) is 0 Å². The van der Waals surface area contributed by atoms with E-state index in [1.54, 1.807) is 17.0 Å². The van der Waals surface area contributed by atoms with E-state index in [0.717, 1.165) is 38.8 Å². The van der Waals surface area contributed by atoms with Gasteiger partial charge in [0.25, 0.3) is 11.5 Å². The van der Waals surface area contributed by atoms with Gasteiger partial charge in [-0.05, 0) is 48.8 Å². The normalized spacial score (nSPS) is 18.8. The van der Waals surface area contributed by atoms with E-state index >= 15 is 0 Å². The minimum Gasteiger partial charge on any atom is -0.342 e. The van der Waals surface area contributed by atoms with Gasteiger partial charge in [-0.2, -0.15) is 0 Å². The summed E-state index contributed by atoms with van der Waals surface area (Å²) in [5, 5.41) is 0. The van der Waals surface area contributed by atoms with Gasteiger partial charge in [-0.15, -0.1) is 0 Å². The quantitative estimate of drug-likeness (QED) is 0.867. The molecule has 0 atom stereocenters. The third-order valence-electron chi connectivity index (χ3n) is 6.42. The molecule has 4 rings (SSSR count). The molecule has 2 aliphatic heterocycles. The number of piperidine rings is 2. The van der Waals surface area contributed by atoms with Crippen molar-refractivity contribution in [2.24, 2.45) is 5.41 Å². The summed E-state index contributed by atoms with van der Waals surface area (Å²) in [4.78, 5) is 43.4. The van der Waals surface area contributed by atoms with Crippen molar-refractivity contribution >= 4 is 11.8 Å².